The largest absolute Gasteiger partial charge is 0.285 e. The molecule has 0 aromatic carbocycles. The van der Waals surface area contributed by atoms with Crippen molar-refractivity contribution in [2.45, 2.75) is 11.6 Å². The van der Waals surface area contributed by atoms with Gasteiger partial charge in [0.05, 0.1) is 12.0 Å². The molecule has 0 radical (unpaired) electrons. The van der Waals surface area contributed by atoms with Crippen molar-refractivity contribution in [2.24, 2.45) is 16.9 Å². The van der Waals surface area contributed by atoms with Gasteiger partial charge in [-0.05, 0) is 6.08 Å². The Labute approximate surface area is 109 Å². The molecule has 0 unspecified atom stereocenters. The third-order valence-corrected chi connectivity index (χ3v) is 3.96. The zero-order valence-electron chi connectivity index (χ0n) is 10.0. The van der Waals surface area contributed by atoms with E-state index in [1.165, 1.54) is 18.3 Å². The van der Waals surface area contributed by atoms with Crippen LogP contribution in [-0.2, 0) is 9.59 Å². The Bertz CT molecular complexity index is 609. The summed E-state index contributed by atoms with van der Waals surface area (Å²) in [6.45, 7) is 0. The quantitative estimate of drug-likeness (QED) is 0.530. The summed E-state index contributed by atoms with van der Waals surface area (Å²) in [7, 11) is 1.38. The van der Waals surface area contributed by atoms with Gasteiger partial charge in [-0.25, -0.2) is 0 Å². The zero-order chi connectivity index (χ0) is 13.8. The Morgan fingerprint density at radius 3 is 2.63 bits per heavy atom. The number of fused-ring (bicyclic) bond motifs is 3. The van der Waals surface area contributed by atoms with E-state index >= 15 is 0 Å². The van der Waals surface area contributed by atoms with Crippen molar-refractivity contribution in [2.75, 3.05) is 7.05 Å². The van der Waals surface area contributed by atoms with Crippen LogP contribution in [0.1, 0.15) is 0 Å². The smallest absolute Gasteiger partial charge is 0.242 e. The van der Waals surface area contributed by atoms with Crippen LogP contribution in [-0.4, -0.2) is 46.6 Å². The summed E-state index contributed by atoms with van der Waals surface area (Å²) in [6, 6.07) is 3.26. The van der Waals surface area contributed by atoms with Crippen LogP contribution in [0.25, 0.3) is 0 Å². The number of allylic oxidation sites excluding steroid dienone is 1. The van der Waals surface area contributed by atoms with Gasteiger partial charge in [-0.3, -0.25) is 19.5 Å². The van der Waals surface area contributed by atoms with Gasteiger partial charge in [0.1, 0.15) is 18.1 Å². The Hall–Kier alpha value is -2.67. The van der Waals surface area contributed by atoms with Crippen LogP contribution >= 0.6 is 0 Å². The lowest BCUT2D eigenvalue weighted by Gasteiger charge is -2.31. The van der Waals surface area contributed by atoms with Crippen LogP contribution in [0, 0.1) is 34.5 Å². The molecule has 2 fully saturated rings. The van der Waals surface area contributed by atoms with E-state index in [4.69, 9.17) is 0 Å². The van der Waals surface area contributed by atoms with Gasteiger partial charge in [-0.1, -0.05) is 6.08 Å². The minimum absolute atomic E-state index is 0.362. The second-order valence-corrected chi connectivity index (χ2v) is 4.71. The maximum Gasteiger partial charge on any atom is 0.242 e. The summed E-state index contributed by atoms with van der Waals surface area (Å²) in [5, 5.41) is 24.1. The molecule has 7 nitrogen and oxygen atoms in total. The number of amides is 2. The standard InChI is InChI=1S/C12H9N5O2/c1-16-10(18)8-7-3-2-4-15-17(7)12(5-13,6-14)9(8)11(16)19/h2-4,7-9H,1H3/t7-,8-,9+/m0/s1. The van der Waals surface area contributed by atoms with Crippen LogP contribution in [0.5, 0.6) is 0 Å². The second-order valence-electron chi connectivity index (χ2n) is 4.71. The van der Waals surface area contributed by atoms with Gasteiger partial charge in [-0.15, -0.1) is 0 Å². The maximum absolute atomic E-state index is 12.2. The fourth-order valence-electron chi connectivity index (χ4n) is 3.06. The number of carbonyl (C=O) groups is 2. The van der Waals surface area contributed by atoms with E-state index in [0.29, 0.717) is 0 Å². The predicted octanol–water partition coefficient (Wildman–Crippen LogP) is -0.757. The van der Waals surface area contributed by atoms with Gasteiger partial charge < -0.3 is 0 Å². The summed E-state index contributed by atoms with van der Waals surface area (Å²) >= 11 is 0. The van der Waals surface area contributed by atoms with Crippen molar-refractivity contribution in [1.82, 2.24) is 9.91 Å². The van der Waals surface area contributed by atoms with E-state index in [-0.39, 0.29) is 5.91 Å². The monoisotopic (exact) mass is 255 g/mol. The Kier molecular flexibility index (Phi) is 2.06. The number of imide groups is 1. The number of likely N-dealkylation sites (tertiary alicyclic amines) is 1. The molecule has 2 saturated heterocycles. The number of hydrogen-bond donors (Lipinski definition) is 0. The Balaban J connectivity index is 2.23. The third-order valence-electron chi connectivity index (χ3n) is 3.96. The summed E-state index contributed by atoms with van der Waals surface area (Å²) < 4.78 is 0. The molecule has 3 atom stereocenters. The van der Waals surface area contributed by atoms with Crippen molar-refractivity contribution < 1.29 is 9.59 Å². The Morgan fingerprint density at radius 2 is 2.00 bits per heavy atom. The van der Waals surface area contributed by atoms with Gasteiger partial charge in [0.25, 0.3) is 0 Å². The summed E-state index contributed by atoms with van der Waals surface area (Å²) in [4.78, 5) is 25.3. The third kappa shape index (κ3) is 1.08. The molecule has 3 aliphatic rings. The fourth-order valence-corrected chi connectivity index (χ4v) is 3.06. The molecule has 3 aliphatic heterocycles. The lowest BCUT2D eigenvalue weighted by atomic mass is 9.82. The van der Waals surface area contributed by atoms with Crippen LogP contribution in [0.15, 0.2) is 17.3 Å². The van der Waals surface area contributed by atoms with E-state index in [9.17, 15) is 20.1 Å². The minimum Gasteiger partial charge on any atom is -0.285 e. The summed E-state index contributed by atoms with van der Waals surface area (Å²) in [6.07, 6.45) is 4.80. The lowest BCUT2D eigenvalue weighted by Crippen LogP contribution is -2.49. The molecule has 0 saturated carbocycles. The molecular formula is C12H9N5O2. The lowest BCUT2D eigenvalue weighted by molar-refractivity contribution is -0.139. The number of nitrogens with zero attached hydrogens (tertiary/aromatic N) is 5. The number of hydrogen-bond acceptors (Lipinski definition) is 6. The van der Waals surface area contributed by atoms with E-state index < -0.39 is 29.3 Å². The van der Waals surface area contributed by atoms with E-state index in [2.05, 4.69) is 5.10 Å². The fraction of sp³-hybridized carbons (Fsp3) is 0.417. The molecule has 0 N–H and O–H groups in total. The number of nitriles is 2. The minimum atomic E-state index is -1.71. The normalized spacial score (nSPS) is 33.9. The molecule has 0 aromatic heterocycles. The average Bonchev–Trinajstić information content (AvgIpc) is 2.86. The summed E-state index contributed by atoms with van der Waals surface area (Å²) in [5.41, 5.74) is -1.71. The molecule has 0 bridgehead atoms. The average molecular weight is 255 g/mol. The SMILES string of the molecule is CN1C(=O)[C@H]2[C@@H]3C=CC=NN3C(C#N)(C#N)[C@H]2C1=O. The molecule has 94 valence electrons. The second kappa shape index (κ2) is 3.42. The predicted molar refractivity (Wildman–Crippen MR) is 62.0 cm³/mol. The van der Waals surface area contributed by atoms with Crippen LogP contribution < -0.4 is 0 Å². The van der Waals surface area contributed by atoms with Gasteiger partial charge >= 0.3 is 0 Å². The van der Waals surface area contributed by atoms with E-state index in [0.717, 1.165) is 4.90 Å². The number of rotatable bonds is 0. The van der Waals surface area contributed by atoms with Gasteiger partial charge in [0, 0.05) is 13.3 Å². The molecule has 3 rings (SSSR count). The van der Waals surface area contributed by atoms with Crippen molar-refractivity contribution in [1.29, 1.82) is 10.5 Å². The van der Waals surface area contributed by atoms with Crippen molar-refractivity contribution in [3.8, 4) is 12.1 Å². The van der Waals surface area contributed by atoms with E-state index in [1.54, 1.807) is 12.2 Å². The first kappa shape index (κ1) is 11.4. The molecule has 0 aliphatic carbocycles. The highest BCUT2D eigenvalue weighted by Gasteiger charge is 2.69. The molecule has 0 aromatic rings. The first-order valence-electron chi connectivity index (χ1n) is 5.72. The van der Waals surface area contributed by atoms with Crippen molar-refractivity contribution in [3.63, 3.8) is 0 Å². The van der Waals surface area contributed by atoms with Gasteiger partial charge in [0.15, 0.2) is 0 Å². The van der Waals surface area contributed by atoms with Crippen molar-refractivity contribution in [3.05, 3.63) is 12.2 Å². The molecular weight excluding hydrogens is 246 g/mol. The van der Waals surface area contributed by atoms with Crippen molar-refractivity contribution >= 4 is 18.0 Å². The van der Waals surface area contributed by atoms with E-state index in [1.807, 2.05) is 12.1 Å². The highest BCUT2D eigenvalue weighted by atomic mass is 16.2. The first-order chi connectivity index (χ1) is 9.08. The molecule has 2 amide bonds. The topological polar surface area (TPSA) is 101 Å². The molecule has 19 heavy (non-hydrogen) atoms. The molecule has 7 heteroatoms. The van der Waals surface area contributed by atoms with Crippen LogP contribution in [0.4, 0.5) is 0 Å². The highest BCUT2D eigenvalue weighted by Crippen LogP contribution is 2.49. The molecule has 3 heterocycles. The van der Waals surface area contributed by atoms with Gasteiger partial charge in [-0.2, -0.15) is 15.6 Å². The Morgan fingerprint density at radius 1 is 1.32 bits per heavy atom. The number of hydrazone groups is 1. The van der Waals surface area contributed by atoms with Gasteiger partial charge in [0.2, 0.25) is 17.4 Å². The first-order valence-corrected chi connectivity index (χ1v) is 5.72. The molecule has 0 spiro atoms. The zero-order valence-corrected chi connectivity index (χ0v) is 10.0. The number of carbonyl (C=O) groups excluding carboxylic acids is 2. The van der Waals surface area contributed by atoms with Crippen LogP contribution in [0.3, 0.4) is 0 Å². The maximum atomic E-state index is 12.2. The summed E-state index contributed by atoms with van der Waals surface area (Å²) in [5.74, 6) is -2.55. The van der Waals surface area contributed by atoms with Crippen LogP contribution in [0.2, 0.25) is 0 Å². The highest BCUT2D eigenvalue weighted by molar-refractivity contribution is 6.07.